The van der Waals surface area contributed by atoms with Crippen LogP contribution in [0.25, 0.3) is 11.1 Å². The van der Waals surface area contributed by atoms with Crippen LogP contribution in [-0.2, 0) is 17.9 Å². The first-order valence-electron chi connectivity index (χ1n) is 8.89. The predicted molar refractivity (Wildman–Crippen MR) is 111 cm³/mol. The Hall–Kier alpha value is -2.44. The summed E-state index contributed by atoms with van der Waals surface area (Å²) in [6, 6.07) is 14.9. The summed E-state index contributed by atoms with van der Waals surface area (Å²) in [5.74, 6) is -1.00. The molecule has 3 nitrogen and oxygen atoms in total. The van der Waals surface area contributed by atoms with Crippen molar-refractivity contribution in [2.24, 2.45) is 4.40 Å². The summed E-state index contributed by atoms with van der Waals surface area (Å²) in [4.78, 5) is 0. The Kier molecular flexibility index (Phi) is 6.01. The molecule has 28 heavy (non-hydrogen) atoms. The SMILES string of the molecule is CC(C)(C)[S@@+]([O-])/N=C\c1cc(-c2cc(F)ccc2F)cn1Cc1ccccc1. The van der Waals surface area contributed by atoms with Crippen molar-refractivity contribution in [1.29, 1.82) is 0 Å². The van der Waals surface area contributed by atoms with E-state index < -0.39 is 27.7 Å². The first-order valence-corrected chi connectivity index (χ1v) is 10.0. The van der Waals surface area contributed by atoms with E-state index >= 15 is 0 Å². The molecule has 0 bridgehead atoms. The normalized spacial score (nSPS) is 13.2. The van der Waals surface area contributed by atoms with Crippen molar-refractivity contribution >= 4 is 17.6 Å². The molecular formula is C22H22F2N2OS. The van der Waals surface area contributed by atoms with Crippen LogP contribution in [0, 0.1) is 11.6 Å². The molecule has 0 aliphatic heterocycles. The number of nitrogens with zero attached hydrogens (tertiary/aromatic N) is 2. The number of rotatable bonds is 5. The molecule has 146 valence electrons. The number of hydrogen-bond acceptors (Lipinski definition) is 2. The van der Waals surface area contributed by atoms with Gasteiger partial charge in [-0.2, -0.15) is 0 Å². The summed E-state index contributed by atoms with van der Waals surface area (Å²) in [5.41, 5.74) is 2.44. The van der Waals surface area contributed by atoms with E-state index in [1.165, 1.54) is 12.3 Å². The van der Waals surface area contributed by atoms with E-state index in [0.717, 1.165) is 17.7 Å². The Labute approximate surface area is 167 Å². The lowest BCUT2D eigenvalue weighted by Crippen LogP contribution is -2.26. The van der Waals surface area contributed by atoms with Gasteiger partial charge in [-0.3, -0.25) is 0 Å². The molecule has 0 aliphatic rings. The molecule has 0 aliphatic carbocycles. The van der Waals surface area contributed by atoms with Gasteiger partial charge in [0.05, 0.1) is 5.69 Å². The number of hydrogen-bond donors (Lipinski definition) is 0. The van der Waals surface area contributed by atoms with E-state index in [1.807, 2.05) is 55.7 Å². The molecule has 6 heteroatoms. The first kappa shape index (κ1) is 20.3. The maximum absolute atomic E-state index is 14.2. The summed E-state index contributed by atoms with van der Waals surface area (Å²) in [6.45, 7) is 6.06. The van der Waals surface area contributed by atoms with Gasteiger partial charge in [-0.05, 0) is 50.6 Å². The van der Waals surface area contributed by atoms with Crippen LogP contribution in [0.1, 0.15) is 32.0 Å². The second-order valence-electron chi connectivity index (χ2n) is 7.49. The molecule has 0 saturated heterocycles. The lowest BCUT2D eigenvalue weighted by atomic mass is 10.1. The molecule has 0 amide bonds. The van der Waals surface area contributed by atoms with Crippen molar-refractivity contribution < 1.29 is 13.3 Å². The average molecular weight is 400 g/mol. The molecular weight excluding hydrogens is 378 g/mol. The lowest BCUT2D eigenvalue weighted by molar-refractivity contribution is 0.561. The molecule has 1 aromatic heterocycles. The minimum atomic E-state index is -1.41. The van der Waals surface area contributed by atoms with Crippen LogP contribution in [0.5, 0.6) is 0 Å². The minimum absolute atomic E-state index is 0.179. The Morgan fingerprint density at radius 3 is 2.46 bits per heavy atom. The zero-order valence-corrected chi connectivity index (χ0v) is 16.8. The molecule has 0 spiro atoms. The highest BCUT2D eigenvalue weighted by molar-refractivity contribution is 7.91. The first-order chi connectivity index (χ1) is 13.2. The zero-order valence-electron chi connectivity index (χ0n) is 16.0. The number of halogens is 2. The van der Waals surface area contributed by atoms with Gasteiger partial charge < -0.3 is 9.12 Å². The number of benzene rings is 2. The van der Waals surface area contributed by atoms with Gasteiger partial charge in [-0.25, -0.2) is 8.78 Å². The monoisotopic (exact) mass is 400 g/mol. The van der Waals surface area contributed by atoms with Gasteiger partial charge in [0.25, 0.3) is 0 Å². The summed E-state index contributed by atoms with van der Waals surface area (Å²) < 4.78 is 45.7. The fraction of sp³-hybridized carbons (Fsp3) is 0.227. The van der Waals surface area contributed by atoms with Gasteiger partial charge in [0.1, 0.15) is 34.0 Å². The second kappa shape index (κ2) is 8.29. The molecule has 1 heterocycles. The molecule has 1 atom stereocenters. The van der Waals surface area contributed by atoms with Crippen LogP contribution in [0.15, 0.2) is 65.2 Å². The molecule has 0 fully saturated rings. The van der Waals surface area contributed by atoms with E-state index in [2.05, 4.69) is 4.40 Å². The predicted octanol–water partition coefficient (Wildman–Crippen LogP) is 5.36. The molecule has 3 aromatic rings. The summed E-state index contributed by atoms with van der Waals surface area (Å²) in [6.07, 6.45) is 3.29. The highest BCUT2D eigenvalue weighted by Gasteiger charge is 2.26. The standard InChI is InChI=1S/C22H22F2N2OS/c1-22(2,3)28(27)25-13-19-11-17(20-12-18(23)9-10-21(20)24)15-26(19)14-16-7-5-4-6-8-16/h4-13,15H,14H2,1-3H3/b25-13-/t28-/m1/s1. The maximum Gasteiger partial charge on any atom is 0.144 e. The van der Waals surface area contributed by atoms with Crippen LogP contribution in [0.4, 0.5) is 8.78 Å². The highest BCUT2D eigenvalue weighted by Crippen LogP contribution is 2.26. The van der Waals surface area contributed by atoms with Crippen molar-refractivity contribution in [2.45, 2.75) is 32.1 Å². The van der Waals surface area contributed by atoms with E-state index in [0.29, 0.717) is 17.8 Å². The molecule has 0 N–H and O–H groups in total. The Morgan fingerprint density at radius 2 is 1.79 bits per heavy atom. The topological polar surface area (TPSA) is 40.4 Å². The van der Waals surface area contributed by atoms with Crippen LogP contribution in [0.3, 0.4) is 0 Å². The van der Waals surface area contributed by atoms with Gasteiger partial charge in [0, 0.05) is 23.9 Å². The summed E-state index contributed by atoms with van der Waals surface area (Å²) in [7, 11) is 0. The van der Waals surface area contributed by atoms with Gasteiger partial charge in [0.2, 0.25) is 0 Å². The third kappa shape index (κ3) is 4.88. The summed E-state index contributed by atoms with van der Waals surface area (Å²) in [5, 5.41) is 0. The Bertz CT molecular complexity index is 978. The van der Waals surface area contributed by atoms with Crippen LogP contribution < -0.4 is 0 Å². The van der Waals surface area contributed by atoms with Crippen LogP contribution in [-0.4, -0.2) is 20.1 Å². The van der Waals surface area contributed by atoms with E-state index in [9.17, 15) is 13.3 Å². The fourth-order valence-corrected chi connectivity index (χ4v) is 3.20. The third-order valence-corrected chi connectivity index (χ3v) is 5.51. The maximum atomic E-state index is 14.2. The fourth-order valence-electron chi connectivity index (χ4n) is 2.68. The highest BCUT2D eigenvalue weighted by atomic mass is 32.2. The second-order valence-corrected chi connectivity index (χ2v) is 9.42. The van der Waals surface area contributed by atoms with Crippen molar-refractivity contribution in [3.8, 4) is 11.1 Å². The lowest BCUT2D eigenvalue weighted by Gasteiger charge is -2.17. The quantitative estimate of drug-likeness (QED) is 0.420. The third-order valence-electron chi connectivity index (χ3n) is 4.17. The smallest absolute Gasteiger partial charge is 0.144 e. The van der Waals surface area contributed by atoms with Gasteiger partial charge >= 0.3 is 0 Å². The minimum Gasteiger partial charge on any atom is -0.591 e. The molecule has 0 unspecified atom stereocenters. The molecule has 2 aromatic carbocycles. The van der Waals surface area contributed by atoms with Crippen molar-refractivity contribution in [3.63, 3.8) is 0 Å². The number of aromatic nitrogens is 1. The summed E-state index contributed by atoms with van der Waals surface area (Å²) >= 11 is -1.41. The van der Waals surface area contributed by atoms with E-state index in [4.69, 9.17) is 0 Å². The Balaban J connectivity index is 2.02. The molecule has 3 rings (SSSR count). The molecule has 0 saturated carbocycles. The van der Waals surface area contributed by atoms with Crippen LogP contribution >= 0.6 is 0 Å². The van der Waals surface area contributed by atoms with Crippen molar-refractivity contribution in [1.82, 2.24) is 4.57 Å². The van der Waals surface area contributed by atoms with E-state index in [1.54, 1.807) is 12.3 Å². The van der Waals surface area contributed by atoms with Gasteiger partial charge in [-0.1, -0.05) is 34.7 Å². The largest absolute Gasteiger partial charge is 0.591 e. The van der Waals surface area contributed by atoms with Crippen molar-refractivity contribution in [3.05, 3.63) is 83.7 Å². The molecule has 0 radical (unpaired) electrons. The zero-order chi connectivity index (χ0) is 20.3. The van der Waals surface area contributed by atoms with Gasteiger partial charge in [-0.15, -0.1) is 0 Å². The van der Waals surface area contributed by atoms with Crippen LogP contribution in [0.2, 0.25) is 0 Å². The van der Waals surface area contributed by atoms with E-state index in [-0.39, 0.29) is 5.56 Å². The van der Waals surface area contributed by atoms with Crippen molar-refractivity contribution in [2.75, 3.05) is 0 Å². The van der Waals surface area contributed by atoms with Gasteiger partial charge in [0.15, 0.2) is 0 Å². The Morgan fingerprint density at radius 1 is 1.07 bits per heavy atom. The average Bonchev–Trinajstić information content (AvgIpc) is 3.04.